The summed E-state index contributed by atoms with van der Waals surface area (Å²) in [6, 6.07) is -0.992. The largest absolute Gasteiger partial charge is 0.481 e. The molecule has 3 fully saturated rings. The molecule has 1 aliphatic heterocycles. The summed E-state index contributed by atoms with van der Waals surface area (Å²) in [4.78, 5) is 39.3. The normalized spacial score (nSPS) is 27.3. The van der Waals surface area contributed by atoms with Gasteiger partial charge in [0.25, 0.3) is 0 Å². The first-order valence-electron chi connectivity index (χ1n) is 17.3. The Morgan fingerprint density at radius 2 is 1.53 bits per heavy atom. The smallest absolute Gasteiger partial charge is 0.315 e. The van der Waals surface area contributed by atoms with Crippen molar-refractivity contribution in [3.63, 3.8) is 0 Å². The van der Waals surface area contributed by atoms with Crippen LogP contribution >= 0.6 is 0 Å². The number of urea groups is 1. The van der Waals surface area contributed by atoms with Crippen molar-refractivity contribution in [3.05, 3.63) is 0 Å². The fraction of sp³-hybridized carbons (Fsp3) is 0.912. The number of carboxylic acid groups (broad SMARTS) is 1. The molecule has 1 saturated heterocycles. The monoisotopic (exact) mass is 607 g/mol. The van der Waals surface area contributed by atoms with Crippen molar-refractivity contribution in [1.82, 2.24) is 16.0 Å². The molecule has 9 nitrogen and oxygen atoms in total. The number of carbonyl (C=O) groups is 3. The third-order valence-corrected chi connectivity index (χ3v) is 9.96. The summed E-state index contributed by atoms with van der Waals surface area (Å²) in [6.45, 7) is 10.0. The van der Waals surface area contributed by atoms with Crippen LogP contribution in [0.3, 0.4) is 0 Å². The topological polar surface area (TPSA) is 126 Å². The lowest BCUT2D eigenvalue weighted by Crippen LogP contribution is -2.60. The number of rotatable bonds is 14. The third-order valence-electron chi connectivity index (χ3n) is 9.96. The minimum atomic E-state index is -0.967. The Morgan fingerprint density at radius 1 is 0.884 bits per heavy atom. The van der Waals surface area contributed by atoms with Crippen molar-refractivity contribution in [2.45, 2.75) is 180 Å². The first-order chi connectivity index (χ1) is 20.4. The van der Waals surface area contributed by atoms with E-state index in [0.717, 1.165) is 70.6 Å². The molecular formula is C34H61N3O6. The van der Waals surface area contributed by atoms with Gasteiger partial charge in [0, 0.05) is 29.0 Å². The SMILES string of the molecule is CCCCCCCCC1(NC(=O)NC2CCCCCC2C(CC(=O)O)NC(=O)C2OC(C)(C)OCC2(C)C)CCCCC1. The molecule has 4 atom stereocenters. The Bertz CT molecular complexity index is 901. The number of carboxylic acids is 1. The van der Waals surface area contributed by atoms with Crippen LogP contribution in [0.4, 0.5) is 4.79 Å². The molecule has 0 spiro atoms. The van der Waals surface area contributed by atoms with Crippen LogP contribution in [0.5, 0.6) is 0 Å². The highest BCUT2D eigenvalue weighted by molar-refractivity contribution is 5.83. The highest BCUT2D eigenvalue weighted by Gasteiger charge is 2.47. The van der Waals surface area contributed by atoms with Gasteiger partial charge in [0.1, 0.15) is 6.10 Å². The summed E-state index contributed by atoms with van der Waals surface area (Å²) in [6.07, 6.45) is 17.4. The van der Waals surface area contributed by atoms with E-state index in [4.69, 9.17) is 9.47 Å². The van der Waals surface area contributed by atoms with Crippen LogP contribution in [-0.4, -0.2) is 59.1 Å². The Morgan fingerprint density at radius 3 is 2.23 bits per heavy atom. The van der Waals surface area contributed by atoms with Gasteiger partial charge in [-0.25, -0.2) is 4.79 Å². The molecule has 0 radical (unpaired) electrons. The second-order valence-corrected chi connectivity index (χ2v) is 14.8. The quantitative estimate of drug-likeness (QED) is 0.127. The van der Waals surface area contributed by atoms with E-state index in [0.29, 0.717) is 6.61 Å². The maximum Gasteiger partial charge on any atom is 0.315 e. The van der Waals surface area contributed by atoms with E-state index in [9.17, 15) is 19.5 Å². The van der Waals surface area contributed by atoms with Crippen LogP contribution < -0.4 is 16.0 Å². The Balaban J connectivity index is 1.70. The van der Waals surface area contributed by atoms with Crippen LogP contribution in [0.15, 0.2) is 0 Å². The van der Waals surface area contributed by atoms with Gasteiger partial charge in [-0.05, 0) is 46.0 Å². The average molecular weight is 608 g/mol. The summed E-state index contributed by atoms with van der Waals surface area (Å²) in [5.41, 5.74) is -0.737. The lowest BCUT2D eigenvalue weighted by molar-refractivity contribution is -0.304. The molecule has 9 heteroatoms. The number of carbonyl (C=O) groups excluding carboxylic acids is 2. The molecule has 3 aliphatic rings. The van der Waals surface area contributed by atoms with Crippen molar-refractivity contribution in [1.29, 1.82) is 0 Å². The lowest BCUT2D eigenvalue weighted by Gasteiger charge is -2.45. The molecular weight excluding hydrogens is 546 g/mol. The van der Waals surface area contributed by atoms with E-state index >= 15 is 0 Å². The Hall–Kier alpha value is -1.87. The Labute approximate surface area is 260 Å². The standard InChI is InChI=1S/C34H61N3O6/c1-6-7-8-9-10-15-20-34(21-16-12-17-22-34)37-31(41)36-26-19-14-11-13-18-25(26)27(23-28(38)39)35-30(40)29-32(2,3)24-42-33(4,5)43-29/h25-27,29H,6-24H2,1-5H3,(H,35,40)(H,38,39)(H2,36,37,41). The second kappa shape index (κ2) is 16.4. The van der Waals surface area contributed by atoms with Crippen LogP contribution in [0.2, 0.25) is 0 Å². The first kappa shape index (κ1) is 35.6. The van der Waals surface area contributed by atoms with Crippen molar-refractivity contribution < 1.29 is 29.0 Å². The third kappa shape index (κ3) is 11.2. The number of amides is 3. The van der Waals surface area contributed by atoms with Gasteiger partial charge in [-0.2, -0.15) is 0 Å². The van der Waals surface area contributed by atoms with Gasteiger partial charge < -0.3 is 30.5 Å². The number of ether oxygens (including phenoxy) is 2. The molecule has 43 heavy (non-hydrogen) atoms. The molecule has 0 aromatic carbocycles. The van der Waals surface area contributed by atoms with Crippen LogP contribution in [-0.2, 0) is 19.1 Å². The number of unbranched alkanes of at least 4 members (excludes halogenated alkanes) is 5. The maximum atomic E-state index is 13.7. The van der Waals surface area contributed by atoms with Gasteiger partial charge in [-0.15, -0.1) is 0 Å². The minimum Gasteiger partial charge on any atom is -0.481 e. The van der Waals surface area contributed by atoms with Gasteiger partial charge in [-0.1, -0.05) is 97.8 Å². The maximum absolute atomic E-state index is 13.7. The summed E-state index contributed by atoms with van der Waals surface area (Å²) in [5, 5.41) is 19.7. The lowest BCUT2D eigenvalue weighted by atomic mass is 9.78. The zero-order valence-electron chi connectivity index (χ0n) is 27.7. The molecule has 0 bridgehead atoms. The summed E-state index contributed by atoms with van der Waals surface area (Å²) in [7, 11) is 0. The summed E-state index contributed by atoms with van der Waals surface area (Å²) < 4.78 is 11.8. The Kier molecular flexibility index (Phi) is 13.6. The predicted molar refractivity (Wildman–Crippen MR) is 169 cm³/mol. The van der Waals surface area contributed by atoms with Crippen molar-refractivity contribution in [2.75, 3.05) is 6.61 Å². The summed E-state index contributed by atoms with van der Waals surface area (Å²) in [5.74, 6) is -2.38. The molecule has 3 amide bonds. The van der Waals surface area contributed by atoms with E-state index in [1.165, 1.54) is 38.5 Å². The minimum absolute atomic E-state index is 0.152. The number of nitrogens with one attached hydrogen (secondary N) is 3. The van der Waals surface area contributed by atoms with Crippen molar-refractivity contribution in [2.24, 2.45) is 11.3 Å². The molecule has 4 unspecified atom stereocenters. The molecule has 0 aromatic rings. The molecule has 2 saturated carbocycles. The number of hydrogen-bond donors (Lipinski definition) is 4. The van der Waals surface area contributed by atoms with E-state index in [-0.39, 0.29) is 35.9 Å². The van der Waals surface area contributed by atoms with Crippen molar-refractivity contribution in [3.8, 4) is 0 Å². The molecule has 4 N–H and O–H groups in total. The van der Waals surface area contributed by atoms with Crippen LogP contribution in [0, 0.1) is 11.3 Å². The van der Waals surface area contributed by atoms with Crippen LogP contribution in [0.1, 0.15) is 150 Å². The molecule has 3 rings (SSSR count). The number of hydrogen-bond acceptors (Lipinski definition) is 5. The number of aliphatic carboxylic acids is 1. The van der Waals surface area contributed by atoms with Crippen LogP contribution in [0.25, 0.3) is 0 Å². The van der Waals surface area contributed by atoms with E-state index in [1.54, 1.807) is 13.8 Å². The van der Waals surface area contributed by atoms with E-state index in [2.05, 4.69) is 22.9 Å². The second-order valence-electron chi connectivity index (χ2n) is 14.8. The highest BCUT2D eigenvalue weighted by atomic mass is 16.7. The predicted octanol–water partition coefficient (Wildman–Crippen LogP) is 6.83. The van der Waals surface area contributed by atoms with Gasteiger partial charge in [0.2, 0.25) is 5.91 Å². The molecule has 248 valence electrons. The fourth-order valence-corrected chi connectivity index (χ4v) is 7.43. The molecule has 2 aliphatic carbocycles. The zero-order valence-corrected chi connectivity index (χ0v) is 27.7. The van der Waals surface area contributed by atoms with Gasteiger partial charge >= 0.3 is 12.0 Å². The fourth-order valence-electron chi connectivity index (χ4n) is 7.43. The summed E-state index contributed by atoms with van der Waals surface area (Å²) >= 11 is 0. The van der Waals surface area contributed by atoms with Gasteiger partial charge in [-0.3, -0.25) is 9.59 Å². The molecule has 1 heterocycles. The van der Waals surface area contributed by atoms with E-state index < -0.39 is 29.3 Å². The first-order valence-corrected chi connectivity index (χ1v) is 17.3. The van der Waals surface area contributed by atoms with Gasteiger partial charge in [0.15, 0.2) is 5.79 Å². The average Bonchev–Trinajstić information content (AvgIpc) is 3.17. The van der Waals surface area contributed by atoms with Gasteiger partial charge in [0.05, 0.1) is 13.0 Å². The van der Waals surface area contributed by atoms with E-state index in [1.807, 2.05) is 13.8 Å². The highest BCUT2D eigenvalue weighted by Crippen LogP contribution is 2.36. The zero-order chi connectivity index (χ0) is 31.5. The van der Waals surface area contributed by atoms with Crippen molar-refractivity contribution >= 4 is 17.9 Å². The molecule has 0 aromatic heterocycles.